The zero-order valence-electron chi connectivity index (χ0n) is 18.6. The van der Waals surface area contributed by atoms with Crippen molar-refractivity contribution < 1.29 is 24.2 Å². The second-order valence-electron chi connectivity index (χ2n) is 9.09. The molecule has 0 spiro atoms. The summed E-state index contributed by atoms with van der Waals surface area (Å²) >= 11 is 0. The van der Waals surface area contributed by atoms with Crippen LogP contribution in [0.3, 0.4) is 0 Å². The monoisotopic (exact) mass is 425 g/mol. The number of nitrogens with one attached hydrogen (secondary N) is 1. The van der Waals surface area contributed by atoms with E-state index >= 15 is 0 Å². The van der Waals surface area contributed by atoms with E-state index in [4.69, 9.17) is 9.47 Å². The highest BCUT2D eigenvalue weighted by molar-refractivity contribution is 5.93. The summed E-state index contributed by atoms with van der Waals surface area (Å²) in [5, 5.41) is 12.3. The van der Waals surface area contributed by atoms with E-state index in [-0.39, 0.29) is 42.2 Å². The molecule has 3 unspecified atom stereocenters. The average Bonchev–Trinajstić information content (AvgIpc) is 3.04. The molecule has 1 amide bonds. The van der Waals surface area contributed by atoms with Gasteiger partial charge in [0.25, 0.3) is 0 Å². The fourth-order valence-corrected chi connectivity index (χ4v) is 3.48. The summed E-state index contributed by atoms with van der Waals surface area (Å²) in [6.45, 7) is 8.52. The quantitative estimate of drug-likeness (QED) is 0.711. The molecule has 2 aromatic carbocycles. The number of aromatic hydroxyl groups is 1. The second kappa shape index (κ2) is 9.62. The van der Waals surface area contributed by atoms with Crippen molar-refractivity contribution in [3.8, 4) is 5.75 Å². The minimum Gasteiger partial charge on any atom is -0.508 e. The Balaban J connectivity index is 1.71. The lowest BCUT2D eigenvalue weighted by Gasteiger charge is -2.22. The Labute approximate surface area is 183 Å². The smallest absolute Gasteiger partial charge is 0.250 e. The first kappa shape index (κ1) is 23.0. The van der Waals surface area contributed by atoms with E-state index in [0.29, 0.717) is 6.42 Å². The van der Waals surface area contributed by atoms with E-state index in [1.807, 2.05) is 12.1 Å². The topological polar surface area (TPSA) is 84.9 Å². The Morgan fingerprint density at radius 3 is 2.29 bits per heavy atom. The molecule has 2 N–H and O–H groups in total. The molecule has 1 fully saturated rings. The zero-order chi connectivity index (χ0) is 22.6. The van der Waals surface area contributed by atoms with Crippen molar-refractivity contribution in [2.24, 2.45) is 0 Å². The lowest BCUT2D eigenvalue weighted by Crippen LogP contribution is -2.49. The first-order valence-corrected chi connectivity index (χ1v) is 10.6. The predicted molar refractivity (Wildman–Crippen MR) is 118 cm³/mol. The van der Waals surface area contributed by atoms with Crippen LogP contribution < -0.4 is 5.32 Å². The largest absolute Gasteiger partial charge is 0.508 e. The van der Waals surface area contributed by atoms with Gasteiger partial charge in [0.2, 0.25) is 5.91 Å². The van der Waals surface area contributed by atoms with Gasteiger partial charge in [0.05, 0.1) is 12.7 Å². The van der Waals surface area contributed by atoms with Crippen molar-refractivity contribution in [1.82, 2.24) is 5.32 Å². The molecule has 0 bridgehead atoms. The predicted octanol–water partition coefficient (Wildman–Crippen LogP) is 3.29. The number of rotatable bonds is 7. The maximum Gasteiger partial charge on any atom is 0.250 e. The number of amides is 1. The van der Waals surface area contributed by atoms with Crippen molar-refractivity contribution in [2.45, 2.75) is 64.4 Å². The van der Waals surface area contributed by atoms with Gasteiger partial charge in [0.15, 0.2) is 5.78 Å². The molecule has 3 atom stereocenters. The van der Waals surface area contributed by atoms with Crippen molar-refractivity contribution in [3.05, 3.63) is 65.2 Å². The van der Waals surface area contributed by atoms with E-state index in [9.17, 15) is 14.7 Å². The third kappa shape index (κ3) is 6.15. The standard InChI is InChI=1S/C25H31NO5/c1-16-23(21(28)15-30-16)26-24(29)22(13-17-7-11-20(27)12-8-17)31-14-18-5-9-19(10-6-18)25(2,3)4/h5-12,16,22-23,27H,13-15H2,1-4H3,(H,26,29). The number of phenolic OH excluding ortho intramolecular Hbond substituents is 1. The molecule has 1 aliphatic rings. The Bertz CT molecular complexity index is 899. The number of hydrogen-bond donors (Lipinski definition) is 2. The van der Waals surface area contributed by atoms with Crippen LogP contribution in [-0.4, -0.2) is 41.7 Å². The van der Waals surface area contributed by atoms with E-state index in [1.165, 1.54) is 5.56 Å². The molecule has 6 nitrogen and oxygen atoms in total. The number of ether oxygens (including phenoxy) is 2. The third-order valence-corrected chi connectivity index (χ3v) is 5.52. The summed E-state index contributed by atoms with van der Waals surface area (Å²) in [6.07, 6.45) is -0.828. The molecule has 0 radical (unpaired) electrons. The molecule has 3 rings (SSSR count). The van der Waals surface area contributed by atoms with Crippen LogP contribution >= 0.6 is 0 Å². The van der Waals surface area contributed by atoms with Gasteiger partial charge in [-0.15, -0.1) is 0 Å². The number of carbonyl (C=O) groups excluding carboxylic acids is 2. The van der Waals surface area contributed by atoms with Crippen LogP contribution in [0.2, 0.25) is 0 Å². The first-order valence-electron chi connectivity index (χ1n) is 10.6. The van der Waals surface area contributed by atoms with Gasteiger partial charge < -0.3 is 19.9 Å². The van der Waals surface area contributed by atoms with E-state index < -0.39 is 12.1 Å². The SMILES string of the molecule is CC1OCC(=O)C1NC(=O)C(Cc1ccc(O)cc1)OCc1ccc(C(C)(C)C)cc1. The number of phenols is 1. The number of Topliss-reactive ketones (excluding diaryl/α,β-unsaturated/α-hetero) is 1. The van der Waals surface area contributed by atoms with Crippen LogP contribution in [0.15, 0.2) is 48.5 Å². The van der Waals surface area contributed by atoms with Gasteiger partial charge in [-0.1, -0.05) is 57.2 Å². The second-order valence-corrected chi connectivity index (χ2v) is 9.09. The molecule has 2 aromatic rings. The van der Waals surface area contributed by atoms with Crippen LogP contribution in [0.5, 0.6) is 5.75 Å². The Hall–Kier alpha value is -2.70. The van der Waals surface area contributed by atoms with Crippen LogP contribution in [0.1, 0.15) is 44.4 Å². The number of carbonyl (C=O) groups is 2. The number of ketones is 1. The Kier molecular flexibility index (Phi) is 7.13. The number of hydrogen-bond acceptors (Lipinski definition) is 5. The molecule has 1 heterocycles. The van der Waals surface area contributed by atoms with Crippen molar-refractivity contribution >= 4 is 11.7 Å². The lowest BCUT2D eigenvalue weighted by atomic mass is 9.87. The summed E-state index contributed by atoms with van der Waals surface area (Å²) in [7, 11) is 0. The highest BCUT2D eigenvalue weighted by Gasteiger charge is 2.35. The van der Waals surface area contributed by atoms with Crippen molar-refractivity contribution in [1.29, 1.82) is 0 Å². The van der Waals surface area contributed by atoms with E-state index in [1.54, 1.807) is 31.2 Å². The normalized spacial score (nSPS) is 19.9. The van der Waals surface area contributed by atoms with Crippen LogP contribution in [0.4, 0.5) is 0 Å². The Morgan fingerprint density at radius 2 is 1.74 bits per heavy atom. The van der Waals surface area contributed by atoms with Gasteiger partial charge in [-0.05, 0) is 41.2 Å². The van der Waals surface area contributed by atoms with E-state index in [2.05, 4.69) is 38.2 Å². The van der Waals surface area contributed by atoms with E-state index in [0.717, 1.165) is 11.1 Å². The molecule has 0 aromatic heterocycles. The molecule has 1 saturated heterocycles. The molecule has 6 heteroatoms. The molecule has 1 aliphatic heterocycles. The molecule has 0 aliphatic carbocycles. The molecule has 166 valence electrons. The molecule has 0 saturated carbocycles. The Morgan fingerprint density at radius 1 is 1.13 bits per heavy atom. The first-order chi connectivity index (χ1) is 14.6. The van der Waals surface area contributed by atoms with Gasteiger partial charge in [-0.25, -0.2) is 0 Å². The highest BCUT2D eigenvalue weighted by Crippen LogP contribution is 2.23. The number of benzene rings is 2. The van der Waals surface area contributed by atoms with Gasteiger partial charge in [-0.3, -0.25) is 9.59 Å². The zero-order valence-corrected chi connectivity index (χ0v) is 18.6. The molecular formula is C25H31NO5. The van der Waals surface area contributed by atoms with Crippen LogP contribution in [-0.2, 0) is 37.5 Å². The average molecular weight is 426 g/mol. The maximum atomic E-state index is 13.0. The summed E-state index contributed by atoms with van der Waals surface area (Å²) in [5.41, 5.74) is 3.10. The minimum atomic E-state index is -0.785. The fraction of sp³-hybridized carbons (Fsp3) is 0.440. The van der Waals surface area contributed by atoms with Gasteiger partial charge in [-0.2, -0.15) is 0 Å². The minimum absolute atomic E-state index is 0.00965. The maximum absolute atomic E-state index is 13.0. The summed E-state index contributed by atoms with van der Waals surface area (Å²) in [6, 6.07) is 14.2. The fourth-order valence-electron chi connectivity index (χ4n) is 3.48. The molecule has 31 heavy (non-hydrogen) atoms. The van der Waals surface area contributed by atoms with Gasteiger partial charge in [0, 0.05) is 6.42 Å². The van der Waals surface area contributed by atoms with Crippen LogP contribution in [0, 0.1) is 0 Å². The van der Waals surface area contributed by atoms with Crippen molar-refractivity contribution in [2.75, 3.05) is 6.61 Å². The highest BCUT2D eigenvalue weighted by atomic mass is 16.5. The van der Waals surface area contributed by atoms with Crippen molar-refractivity contribution in [3.63, 3.8) is 0 Å². The van der Waals surface area contributed by atoms with Gasteiger partial charge in [0.1, 0.15) is 24.5 Å². The summed E-state index contributed by atoms with van der Waals surface area (Å²) in [5.74, 6) is -0.329. The summed E-state index contributed by atoms with van der Waals surface area (Å²) < 4.78 is 11.3. The molecular weight excluding hydrogens is 394 g/mol. The van der Waals surface area contributed by atoms with Crippen LogP contribution in [0.25, 0.3) is 0 Å². The third-order valence-electron chi connectivity index (χ3n) is 5.52. The van der Waals surface area contributed by atoms with Gasteiger partial charge >= 0.3 is 0 Å². The summed E-state index contributed by atoms with van der Waals surface area (Å²) in [4.78, 5) is 25.0. The lowest BCUT2D eigenvalue weighted by molar-refractivity contribution is -0.136.